The van der Waals surface area contributed by atoms with Gasteiger partial charge in [0.25, 0.3) is 5.91 Å². The Hall–Kier alpha value is -1.70. The van der Waals surface area contributed by atoms with E-state index in [1.54, 1.807) is 12.1 Å². The zero-order valence-electron chi connectivity index (χ0n) is 11.1. The quantitative estimate of drug-likeness (QED) is 0.907. The molecule has 0 unspecified atom stereocenters. The fraction of sp³-hybridized carbons (Fsp3) is 0.214. The molecule has 1 aromatic carbocycles. The Balaban J connectivity index is 1.81. The second-order valence-electron chi connectivity index (χ2n) is 4.94. The highest BCUT2D eigenvalue weighted by Gasteiger charge is 2.18. The molecule has 0 spiro atoms. The number of rotatable bonds is 3. The third-order valence-corrected chi connectivity index (χ3v) is 5.54. The average Bonchev–Trinajstić information content (AvgIpc) is 2.98. The van der Waals surface area contributed by atoms with Crippen molar-refractivity contribution in [2.24, 2.45) is 5.14 Å². The standard InChI is InChI=1S/C14H14N2O3S2/c15-21(18,19)11-5-2-4-10(8-11)16-14(17)13-7-9-3-1-6-12(9)20-13/h2,4-5,7-8H,1,3,6H2,(H,16,17)(H2,15,18,19). The largest absolute Gasteiger partial charge is 0.321 e. The van der Waals surface area contributed by atoms with E-state index in [4.69, 9.17) is 5.14 Å². The summed E-state index contributed by atoms with van der Waals surface area (Å²) in [5, 5.41) is 7.79. The lowest BCUT2D eigenvalue weighted by molar-refractivity contribution is 0.103. The molecule has 1 aliphatic rings. The first-order valence-corrected chi connectivity index (χ1v) is 8.85. The topological polar surface area (TPSA) is 89.3 Å². The molecule has 0 bridgehead atoms. The first kappa shape index (κ1) is 14.2. The number of primary sulfonamides is 1. The van der Waals surface area contributed by atoms with Crippen molar-refractivity contribution < 1.29 is 13.2 Å². The summed E-state index contributed by atoms with van der Waals surface area (Å²) >= 11 is 1.50. The maximum atomic E-state index is 12.2. The van der Waals surface area contributed by atoms with Crippen LogP contribution in [0.1, 0.15) is 26.5 Å². The molecule has 1 aliphatic carbocycles. The van der Waals surface area contributed by atoms with Crippen LogP contribution in [-0.2, 0) is 22.9 Å². The Morgan fingerprint density at radius 2 is 2.05 bits per heavy atom. The molecule has 7 heteroatoms. The van der Waals surface area contributed by atoms with Gasteiger partial charge in [-0.3, -0.25) is 4.79 Å². The summed E-state index contributed by atoms with van der Waals surface area (Å²) < 4.78 is 22.6. The summed E-state index contributed by atoms with van der Waals surface area (Å²) in [6.07, 6.45) is 3.22. The van der Waals surface area contributed by atoms with Crippen LogP contribution in [-0.4, -0.2) is 14.3 Å². The molecule has 3 rings (SSSR count). The van der Waals surface area contributed by atoms with Crippen molar-refractivity contribution in [2.75, 3.05) is 5.32 Å². The smallest absolute Gasteiger partial charge is 0.265 e. The second-order valence-corrected chi connectivity index (χ2v) is 7.64. The van der Waals surface area contributed by atoms with Crippen LogP contribution >= 0.6 is 11.3 Å². The van der Waals surface area contributed by atoms with Gasteiger partial charge in [0.15, 0.2) is 0 Å². The van der Waals surface area contributed by atoms with Gasteiger partial charge in [-0.2, -0.15) is 0 Å². The van der Waals surface area contributed by atoms with Gasteiger partial charge in [-0.05, 0) is 49.1 Å². The van der Waals surface area contributed by atoms with Gasteiger partial charge in [0.1, 0.15) is 0 Å². The lowest BCUT2D eigenvalue weighted by Crippen LogP contribution is -2.14. The molecule has 0 aliphatic heterocycles. The fourth-order valence-electron chi connectivity index (χ4n) is 2.38. The molecule has 0 saturated carbocycles. The van der Waals surface area contributed by atoms with Crippen molar-refractivity contribution in [3.8, 4) is 0 Å². The third kappa shape index (κ3) is 2.99. The molecule has 0 radical (unpaired) electrons. The Morgan fingerprint density at radius 1 is 1.24 bits per heavy atom. The van der Waals surface area contributed by atoms with Crippen LogP contribution < -0.4 is 10.5 Å². The molecular weight excluding hydrogens is 308 g/mol. The summed E-state index contributed by atoms with van der Waals surface area (Å²) in [4.78, 5) is 14.1. The Bertz CT molecular complexity index is 788. The number of hydrogen-bond donors (Lipinski definition) is 2. The summed E-state index contributed by atoms with van der Waals surface area (Å²) in [5.74, 6) is -0.221. The van der Waals surface area contributed by atoms with Gasteiger partial charge in [0, 0.05) is 10.6 Å². The highest BCUT2D eigenvalue weighted by molar-refractivity contribution is 7.89. The van der Waals surface area contributed by atoms with Gasteiger partial charge in [0.05, 0.1) is 9.77 Å². The van der Waals surface area contributed by atoms with E-state index in [0.29, 0.717) is 10.6 Å². The van der Waals surface area contributed by atoms with Gasteiger partial charge in [-0.25, -0.2) is 13.6 Å². The van der Waals surface area contributed by atoms with Crippen LogP contribution in [0.5, 0.6) is 0 Å². The van der Waals surface area contributed by atoms with Gasteiger partial charge < -0.3 is 5.32 Å². The maximum Gasteiger partial charge on any atom is 0.265 e. The first-order valence-electron chi connectivity index (χ1n) is 6.49. The average molecular weight is 322 g/mol. The van der Waals surface area contributed by atoms with Crippen molar-refractivity contribution in [1.82, 2.24) is 0 Å². The lowest BCUT2D eigenvalue weighted by atomic mass is 10.2. The minimum absolute atomic E-state index is 0.0195. The third-order valence-electron chi connectivity index (χ3n) is 3.39. The Kier molecular flexibility index (Phi) is 3.56. The van der Waals surface area contributed by atoms with Crippen LogP contribution in [0, 0.1) is 0 Å². The molecule has 5 nitrogen and oxygen atoms in total. The summed E-state index contributed by atoms with van der Waals surface area (Å²) in [5.41, 5.74) is 1.67. The summed E-state index contributed by atoms with van der Waals surface area (Å²) in [6, 6.07) is 7.85. The number of benzene rings is 1. The van der Waals surface area contributed by atoms with Gasteiger partial charge in [-0.1, -0.05) is 6.07 Å². The zero-order valence-corrected chi connectivity index (χ0v) is 12.8. The van der Waals surface area contributed by atoms with E-state index in [-0.39, 0.29) is 10.8 Å². The zero-order chi connectivity index (χ0) is 15.0. The number of carbonyl (C=O) groups excluding carboxylic acids is 1. The van der Waals surface area contributed by atoms with E-state index < -0.39 is 10.0 Å². The highest BCUT2D eigenvalue weighted by atomic mass is 32.2. The first-order chi connectivity index (χ1) is 9.93. The van der Waals surface area contributed by atoms with Crippen molar-refractivity contribution in [2.45, 2.75) is 24.2 Å². The van der Waals surface area contributed by atoms with E-state index in [1.165, 1.54) is 33.9 Å². The normalized spacial score (nSPS) is 14.0. The monoisotopic (exact) mass is 322 g/mol. The Morgan fingerprint density at radius 3 is 2.76 bits per heavy atom. The maximum absolute atomic E-state index is 12.2. The molecule has 21 heavy (non-hydrogen) atoms. The molecular formula is C14H14N2O3S2. The van der Waals surface area contributed by atoms with E-state index in [0.717, 1.165) is 19.3 Å². The van der Waals surface area contributed by atoms with E-state index in [1.807, 2.05) is 6.07 Å². The number of carbonyl (C=O) groups is 1. The van der Waals surface area contributed by atoms with Crippen molar-refractivity contribution in [3.63, 3.8) is 0 Å². The molecule has 110 valence electrons. The number of fused-ring (bicyclic) bond motifs is 1. The predicted molar refractivity (Wildman–Crippen MR) is 82.1 cm³/mol. The minimum Gasteiger partial charge on any atom is -0.321 e. The number of anilines is 1. The highest BCUT2D eigenvalue weighted by Crippen LogP contribution is 2.31. The van der Waals surface area contributed by atoms with E-state index in [9.17, 15) is 13.2 Å². The molecule has 0 saturated heterocycles. The SMILES string of the molecule is NS(=O)(=O)c1cccc(NC(=O)c2cc3c(s2)CCC3)c1. The minimum atomic E-state index is -3.77. The molecule has 1 heterocycles. The fourth-order valence-corrected chi connectivity index (χ4v) is 4.09. The number of aryl methyl sites for hydroxylation is 2. The molecule has 1 amide bonds. The number of sulfonamides is 1. The predicted octanol–water partition coefficient (Wildman–Crippen LogP) is 2.14. The number of thiophene rings is 1. The summed E-state index contributed by atoms with van der Waals surface area (Å²) in [6.45, 7) is 0. The van der Waals surface area contributed by atoms with Crippen LogP contribution in [0.2, 0.25) is 0 Å². The Labute approximate surface area is 126 Å². The van der Waals surface area contributed by atoms with Crippen molar-refractivity contribution in [1.29, 1.82) is 0 Å². The summed E-state index contributed by atoms with van der Waals surface area (Å²) in [7, 11) is -3.77. The van der Waals surface area contributed by atoms with Crippen LogP contribution in [0.25, 0.3) is 0 Å². The van der Waals surface area contributed by atoms with E-state index >= 15 is 0 Å². The number of hydrogen-bond acceptors (Lipinski definition) is 4. The number of nitrogens with two attached hydrogens (primary N) is 1. The van der Waals surface area contributed by atoms with Crippen LogP contribution in [0.15, 0.2) is 35.2 Å². The molecule has 0 fully saturated rings. The lowest BCUT2D eigenvalue weighted by Gasteiger charge is -2.05. The van der Waals surface area contributed by atoms with Gasteiger partial charge in [-0.15, -0.1) is 11.3 Å². The molecule has 2 aromatic rings. The number of nitrogens with one attached hydrogen (secondary N) is 1. The van der Waals surface area contributed by atoms with Gasteiger partial charge >= 0.3 is 0 Å². The van der Waals surface area contributed by atoms with Crippen LogP contribution in [0.3, 0.4) is 0 Å². The van der Waals surface area contributed by atoms with Gasteiger partial charge in [0.2, 0.25) is 10.0 Å². The molecule has 0 atom stereocenters. The van der Waals surface area contributed by atoms with E-state index in [2.05, 4.69) is 5.32 Å². The van der Waals surface area contributed by atoms with Crippen molar-refractivity contribution >= 4 is 33.0 Å². The molecule has 1 aromatic heterocycles. The number of amides is 1. The second kappa shape index (κ2) is 5.25. The molecule has 3 N–H and O–H groups in total. The van der Waals surface area contributed by atoms with Crippen molar-refractivity contribution in [3.05, 3.63) is 45.6 Å². The van der Waals surface area contributed by atoms with Crippen LogP contribution in [0.4, 0.5) is 5.69 Å².